The first kappa shape index (κ1) is 19.8. The van der Waals surface area contributed by atoms with Gasteiger partial charge in [0.25, 0.3) is 0 Å². The number of likely N-dealkylation sites (tertiary alicyclic amines) is 1. The molecule has 0 atom stereocenters. The van der Waals surface area contributed by atoms with Crippen molar-refractivity contribution in [2.75, 3.05) is 40.9 Å². The highest BCUT2D eigenvalue weighted by atomic mass is 16.5. The van der Waals surface area contributed by atoms with Crippen LogP contribution in [0.2, 0.25) is 0 Å². The molecule has 0 radical (unpaired) electrons. The van der Waals surface area contributed by atoms with Crippen LogP contribution in [0.15, 0.2) is 34.7 Å². The van der Waals surface area contributed by atoms with Crippen molar-refractivity contribution in [3.8, 4) is 11.5 Å². The fourth-order valence-electron chi connectivity index (χ4n) is 3.89. The molecular formula is C22H32N2O3. The first-order chi connectivity index (χ1) is 13.1. The fourth-order valence-corrected chi connectivity index (χ4v) is 3.89. The zero-order chi connectivity index (χ0) is 19.2. The minimum atomic E-state index is 0.747. The van der Waals surface area contributed by atoms with Crippen LogP contribution in [0.4, 0.5) is 0 Å². The largest absolute Gasteiger partial charge is 0.497 e. The van der Waals surface area contributed by atoms with Gasteiger partial charge in [0.05, 0.1) is 20.8 Å². The third-order valence-corrected chi connectivity index (χ3v) is 5.32. The number of hydrogen-bond donors (Lipinski definition) is 0. The Kier molecular flexibility index (Phi) is 6.80. The van der Waals surface area contributed by atoms with E-state index in [2.05, 4.69) is 35.0 Å². The lowest BCUT2D eigenvalue weighted by Gasteiger charge is -2.33. The predicted octanol–water partition coefficient (Wildman–Crippen LogP) is 3.95. The maximum absolute atomic E-state index is 5.71. The smallest absolute Gasteiger partial charge is 0.122 e. The summed E-state index contributed by atoms with van der Waals surface area (Å²) in [4.78, 5) is 4.91. The van der Waals surface area contributed by atoms with Gasteiger partial charge < -0.3 is 18.8 Å². The number of ether oxygens (including phenoxy) is 2. The van der Waals surface area contributed by atoms with Crippen LogP contribution in [-0.2, 0) is 13.1 Å². The summed E-state index contributed by atoms with van der Waals surface area (Å²) < 4.78 is 16.5. The summed E-state index contributed by atoms with van der Waals surface area (Å²) >= 11 is 0. The lowest BCUT2D eigenvalue weighted by Crippen LogP contribution is -2.37. The molecule has 0 spiro atoms. The lowest BCUT2D eigenvalue weighted by atomic mass is 9.96. The van der Waals surface area contributed by atoms with Crippen LogP contribution in [0.25, 0.3) is 0 Å². The van der Waals surface area contributed by atoms with Gasteiger partial charge >= 0.3 is 0 Å². The average molecular weight is 373 g/mol. The third-order valence-electron chi connectivity index (χ3n) is 5.32. The lowest BCUT2D eigenvalue weighted by molar-refractivity contribution is 0.140. The molecule has 1 fully saturated rings. The Morgan fingerprint density at radius 2 is 1.74 bits per heavy atom. The van der Waals surface area contributed by atoms with E-state index in [1.807, 2.05) is 19.1 Å². The second kappa shape index (κ2) is 9.29. The predicted molar refractivity (Wildman–Crippen MR) is 107 cm³/mol. The number of methoxy groups -OCH3 is 2. The molecule has 0 bridgehead atoms. The van der Waals surface area contributed by atoms with E-state index < -0.39 is 0 Å². The Morgan fingerprint density at radius 3 is 2.30 bits per heavy atom. The average Bonchev–Trinajstić information content (AvgIpc) is 3.07. The number of piperidine rings is 1. The van der Waals surface area contributed by atoms with E-state index >= 15 is 0 Å². The summed E-state index contributed by atoms with van der Waals surface area (Å²) in [6, 6.07) is 10.2. The van der Waals surface area contributed by atoms with Gasteiger partial charge in [-0.05, 0) is 75.6 Å². The molecule has 1 saturated heterocycles. The molecule has 0 amide bonds. The van der Waals surface area contributed by atoms with Gasteiger partial charge in [0, 0.05) is 19.2 Å². The minimum absolute atomic E-state index is 0.747. The van der Waals surface area contributed by atoms with Gasteiger partial charge in [-0.2, -0.15) is 0 Å². The van der Waals surface area contributed by atoms with Crippen molar-refractivity contribution in [1.82, 2.24) is 9.80 Å². The van der Waals surface area contributed by atoms with Crippen molar-refractivity contribution in [3.05, 3.63) is 47.4 Å². The molecule has 148 valence electrons. The molecule has 1 aromatic carbocycles. The van der Waals surface area contributed by atoms with Crippen molar-refractivity contribution in [1.29, 1.82) is 0 Å². The van der Waals surface area contributed by atoms with Gasteiger partial charge in [-0.15, -0.1) is 0 Å². The van der Waals surface area contributed by atoms with Gasteiger partial charge in [0.1, 0.15) is 23.0 Å². The Balaban J connectivity index is 1.46. The first-order valence-electron chi connectivity index (χ1n) is 9.74. The molecule has 1 aromatic heterocycles. The van der Waals surface area contributed by atoms with Crippen molar-refractivity contribution in [2.24, 2.45) is 5.92 Å². The van der Waals surface area contributed by atoms with E-state index in [1.165, 1.54) is 18.4 Å². The maximum Gasteiger partial charge on any atom is 0.122 e. The van der Waals surface area contributed by atoms with Crippen molar-refractivity contribution in [2.45, 2.75) is 32.9 Å². The van der Waals surface area contributed by atoms with Gasteiger partial charge in [-0.25, -0.2) is 0 Å². The summed E-state index contributed by atoms with van der Waals surface area (Å²) in [5.74, 6) is 4.52. The normalized spacial score (nSPS) is 16.0. The molecule has 0 unspecified atom stereocenters. The summed E-state index contributed by atoms with van der Waals surface area (Å²) in [6.45, 7) is 7.24. The monoisotopic (exact) mass is 372 g/mol. The van der Waals surface area contributed by atoms with E-state index in [-0.39, 0.29) is 0 Å². The highest BCUT2D eigenvalue weighted by Gasteiger charge is 2.21. The van der Waals surface area contributed by atoms with Crippen LogP contribution < -0.4 is 9.47 Å². The standard InChI is InChI=1S/C22H32N2O3/c1-17-5-6-20(27-17)16-24-9-7-18(8-10-24)14-23(2)15-19-11-21(25-3)13-22(12-19)26-4/h5-6,11-13,18H,7-10,14-16H2,1-4H3. The molecule has 0 saturated carbocycles. The van der Waals surface area contributed by atoms with Crippen molar-refractivity contribution < 1.29 is 13.9 Å². The SMILES string of the molecule is COc1cc(CN(C)CC2CCN(Cc3ccc(C)o3)CC2)cc(OC)c1. The summed E-state index contributed by atoms with van der Waals surface area (Å²) in [7, 11) is 5.59. The van der Waals surface area contributed by atoms with Gasteiger partial charge in [-0.1, -0.05) is 0 Å². The number of aryl methyl sites for hydroxylation is 1. The molecule has 5 nitrogen and oxygen atoms in total. The number of benzene rings is 1. The van der Waals surface area contributed by atoms with Crippen molar-refractivity contribution >= 4 is 0 Å². The van der Waals surface area contributed by atoms with E-state index in [1.54, 1.807) is 14.2 Å². The van der Waals surface area contributed by atoms with Crippen LogP contribution in [0.3, 0.4) is 0 Å². The van der Waals surface area contributed by atoms with E-state index in [0.717, 1.165) is 61.7 Å². The summed E-state index contributed by atoms with van der Waals surface area (Å²) in [5, 5.41) is 0. The maximum atomic E-state index is 5.71. The molecule has 3 rings (SSSR count). The van der Waals surface area contributed by atoms with Crippen LogP contribution in [0, 0.1) is 12.8 Å². The van der Waals surface area contributed by atoms with Crippen LogP contribution in [0.5, 0.6) is 11.5 Å². The Bertz CT molecular complexity index is 698. The Hall–Kier alpha value is -1.98. The number of furan rings is 1. The molecule has 2 heterocycles. The summed E-state index contributed by atoms with van der Waals surface area (Å²) in [5.41, 5.74) is 1.22. The van der Waals surface area contributed by atoms with Crippen molar-refractivity contribution in [3.63, 3.8) is 0 Å². The quantitative estimate of drug-likeness (QED) is 0.701. The Labute approximate surface area is 162 Å². The van der Waals surface area contributed by atoms with Gasteiger partial charge in [-0.3, -0.25) is 4.90 Å². The minimum Gasteiger partial charge on any atom is -0.497 e. The molecular weight excluding hydrogens is 340 g/mol. The number of nitrogens with zero attached hydrogens (tertiary/aromatic N) is 2. The molecule has 27 heavy (non-hydrogen) atoms. The second-order valence-corrected chi connectivity index (χ2v) is 7.65. The molecule has 5 heteroatoms. The van der Waals surface area contributed by atoms with E-state index in [0.29, 0.717) is 0 Å². The highest BCUT2D eigenvalue weighted by molar-refractivity contribution is 5.38. The zero-order valence-electron chi connectivity index (χ0n) is 17.0. The third kappa shape index (κ3) is 5.75. The fraction of sp³-hybridized carbons (Fsp3) is 0.545. The van der Waals surface area contributed by atoms with Gasteiger partial charge in [0.15, 0.2) is 0 Å². The highest BCUT2D eigenvalue weighted by Crippen LogP contribution is 2.25. The molecule has 1 aliphatic heterocycles. The van der Waals surface area contributed by atoms with Crippen LogP contribution in [-0.4, -0.2) is 50.7 Å². The molecule has 1 aliphatic rings. The molecule has 0 N–H and O–H groups in total. The van der Waals surface area contributed by atoms with Crippen LogP contribution >= 0.6 is 0 Å². The summed E-state index contributed by atoms with van der Waals surface area (Å²) in [6.07, 6.45) is 2.48. The zero-order valence-corrected chi connectivity index (χ0v) is 17.0. The number of rotatable bonds is 8. The van der Waals surface area contributed by atoms with E-state index in [4.69, 9.17) is 13.9 Å². The Morgan fingerprint density at radius 1 is 1.07 bits per heavy atom. The second-order valence-electron chi connectivity index (χ2n) is 7.65. The molecule has 2 aromatic rings. The van der Waals surface area contributed by atoms with Crippen LogP contribution in [0.1, 0.15) is 29.9 Å². The number of hydrogen-bond acceptors (Lipinski definition) is 5. The molecule has 0 aliphatic carbocycles. The van der Waals surface area contributed by atoms with E-state index in [9.17, 15) is 0 Å². The topological polar surface area (TPSA) is 38.1 Å². The first-order valence-corrected chi connectivity index (χ1v) is 9.74. The van der Waals surface area contributed by atoms with Gasteiger partial charge in [0.2, 0.25) is 0 Å².